The number of likely N-dealkylation sites (tertiary alicyclic amines) is 1. The minimum absolute atomic E-state index is 0.000295. The molecule has 0 radical (unpaired) electrons. The summed E-state index contributed by atoms with van der Waals surface area (Å²) in [6.45, 7) is 2.56. The topological polar surface area (TPSA) is 77.6 Å². The van der Waals surface area contributed by atoms with Crippen LogP contribution in [0.5, 0.6) is 5.75 Å². The van der Waals surface area contributed by atoms with Gasteiger partial charge in [0, 0.05) is 53.6 Å². The van der Waals surface area contributed by atoms with E-state index in [0.29, 0.717) is 5.91 Å². The number of piperidine rings is 1. The van der Waals surface area contributed by atoms with Crippen molar-refractivity contribution >= 4 is 16.8 Å². The van der Waals surface area contributed by atoms with Crippen molar-refractivity contribution in [2.24, 2.45) is 5.92 Å². The van der Waals surface area contributed by atoms with Gasteiger partial charge >= 0.3 is 0 Å². The van der Waals surface area contributed by atoms with E-state index in [1.165, 1.54) is 23.8 Å². The first kappa shape index (κ1) is 18.9. The van der Waals surface area contributed by atoms with Crippen molar-refractivity contribution in [1.29, 1.82) is 0 Å². The SMILES string of the molecule is COc1ccc2c3c([nH]c2c1)[C@@H](CO)NCC31CCN(C(=O)C2CCCC2)CC1. The van der Waals surface area contributed by atoms with E-state index < -0.39 is 0 Å². The number of benzene rings is 1. The van der Waals surface area contributed by atoms with E-state index in [1.807, 2.05) is 12.1 Å². The minimum atomic E-state index is -0.0767. The molecule has 2 aromatic rings. The number of ether oxygens (including phenoxy) is 1. The molecule has 1 saturated heterocycles. The second-order valence-corrected chi connectivity index (χ2v) is 9.03. The van der Waals surface area contributed by atoms with Crippen LogP contribution in [0.25, 0.3) is 10.9 Å². The second kappa shape index (κ2) is 7.33. The van der Waals surface area contributed by atoms with Crippen LogP contribution in [0.2, 0.25) is 0 Å². The van der Waals surface area contributed by atoms with Crippen LogP contribution < -0.4 is 10.1 Å². The van der Waals surface area contributed by atoms with E-state index in [9.17, 15) is 9.90 Å². The summed E-state index contributed by atoms with van der Waals surface area (Å²) >= 11 is 0. The minimum Gasteiger partial charge on any atom is -0.497 e. The lowest BCUT2D eigenvalue weighted by molar-refractivity contribution is -0.137. The van der Waals surface area contributed by atoms with Gasteiger partial charge in [0.2, 0.25) is 5.91 Å². The molecule has 29 heavy (non-hydrogen) atoms. The Labute approximate surface area is 171 Å². The van der Waals surface area contributed by atoms with Gasteiger partial charge in [-0.25, -0.2) is 0 Å². The number of hydrogen-bond acceptors (Lipinski definition) is 4. The molecule has 1 aromatic heterocycles. The predicted octanol–water partition coefficient (Wildman–Crippen LogP) is 2.86. The summed E-state index contributed by atoms with van der Waals surface area (Å²) in [5.41, 5.74) is 3.49. The van der Waals surface area contributed by atoms with E-state index in [2.05, 4.69) is 21.3 Å². The summed E-state index contributed by atoms with van der Waals surface area (Å²) in [7, 11) is 1.68. The van der Waals surface area contributed by atoms with Gasteiger partial charge in [0.1, 0.15) is 5.75 Å². The highest BCUT2D eigenvalue weighted by atomic mass is 16.5. The molecule has 0 bridgehead atoms. The molecule has 5 rings (SSSR count). The number of rotatable bonds is 3. The summed E-state index contributed by atoms with van der Waals surface area (Å²) < 4.78 is 5.40. The average molecular weight is 398 g/mol. The first-order chi connectivity index (χ1) is 14.1. The Bertz CT molecular complexity index is 907. The predicted molar refractivity (Wildman–Crippen MR) is 112 cm³/mol. The third kappa shape index (κ3) is 3.04. The zero-order chi connectivity index (χ0) is 20.0. The zero-order valence-corrected chi connectivity index (χ0v) is 17.2. The Morgan fingerprint density at radius 3 is 2.72 bits per heavy atom. The van der Waals surface area contributed by atoms with Gasteiger partial charge in [0.05, 0.1) is 19.8 Å². The van der Waals surface area contributed by atoms with Gasteiger partial charge in [-0.15, -0.1) is 0 Å². The maximum Gasteiger partial charge on any atom is 0.225 e. The number of H-pyrrole nitrogens is 1. The number of carbonyl (C=O) groups excluding carboxylic acids is 1. The van der Waals surface area contributed by atoms with Crippen molar-refractivity contribution in [3.05, 3.63) is 29.5 Å². The highest BCUT2D eigenvalue weighted by molar-refractivity contribution is 5.88. The number of fused-ring (bicyclic) bond motifs is 4. The standard InChI is InChI=1S/C23H31N3O3/c1-29-16-6-7-17-18(12-16)25-21-19(13-27)24-14-23(20(17)21)8-10-26(11-9-23)22(28)15-4-2-3-5-15/h6-7,12,15,19,24-25,27H,2-5,8-11,13-14H2,1H3/t19-/m1/s1. The molecule has 156 valence electrons. The number of amides is 1. The molecule has 1 atom stereocenters. The molecule has 1 amide bonds. The van der Waals surface area contributed by atoms with Gasteiger partial charge in [-0.1, -0.05) is 12.8 Å². The van der Waals surface area contributed by atoms with E-state index >= 15 is 0 Å². The van der Waals surface area contributed by atoms with Crippen LogP contribution >= 0.6 is 0 Å². The molecule has 3 aliphatic rings. The van der Waals surface area contributed by atoms with Crippen LogP contribution in [0.1, 0.15) is 55.8 Å². The van der Waals surface area contributed by atoms with E-state index in [0.717, 1.165) is 62.3 Å². The molecule has 3 heterocycles. The van der Waals surface area contributed by atoms with Gasteiger partial charge < -0.3 is 25.0 Å². The third-order valence-electron chi connectivity index (χ3n) is 7.52. The van der Waals surface area contributed by atoms with Gasteiger partial charge in [0.25, 0.3) is 0 Å². The number of nitrogens with zero attached hydrogens (tertiary/aromatic N) is 1. The van der Waals surface area contributed by atoms with Crippen molar-refractivity contribution in [3.8, 4) is 5.75 Å². The van der Waals surface area contributed by atoms with Crippen LogP contribution in [-0.2, 0) is 10.2 Å². The number of hydrogen-bond donors (Lipinski definition) is 3. The summed E-state index contributed by atoms with van der Waals surface area (Å²) in [5.74, 6) is 1.46. The van der Waals surface area contributed by atoms with E-state index in [-0.39, 0.29) is 24.0 Å². The lowest BCUT2D eigenvalue weighted by atomic mass is 9.69. The molecule has 0 unspecified atom stereocenters. The molecule has 1 saturated carbocycles. The second-order valence-electron chi connectivity index (χ2n) is 9.03. The number of nitrogens with one attached hydrogen (secondary N) is 2. The molecule has 3 N–H and O–H groups in total. The van der Waals surface area contributed by atoms with Crippen LogP contribution in [0.3, 0.4) is 0 Å². The lowest BCUT2D eigenvalue weighted by Crippen LogP contribution is -2.53. The molecule has 2 aliphatic heterocycles. The monoisotopic (exact) mass is 397 g/mol. The molecule has 1 spiro atoms. The number of methoxy groups -OCH3 is 1. The van der Waals surface area contributed by atoms with Crippen LogP contribution in [0, 0.1) is 5.92 Å². The summed E-state index contributed by atoms with van der Waals surface area (Å²) in [6.07, 6.45) is 6.44. The Hall–Kier alpha value is -2.05. The van der Waals surface area contributed by atoms with Crippen molar-refractivity contribution in [2.75, 3.05) is 33.4 Å². The van der Waals surface area contributed by atoms with Gasteiger partial charge in [0.15, 0.2) is 0 Å². The summed E-state index contributed by atoms with van der Waals surface area (Å²) in [4.78, 5) is 18.6. The van der Waals surface area contributed by atoms with Crippen LogP contribution in [0.4, 0.5) is 0 Å². The molecule has 6 nitrogen and oxygen atoms in total. The van der Waals surface area contributed by atoms with E-state index in [1.54, 1.807) is 7.11 Å². The first-order valence-corrected chi connectivity index (χ1v) is 11.0. The molecule has 2 fully saturated rings. The summed E-state index contributed by atoms with van der Waals surface area (Å²) in [6, 6.07) is 6.11. The van der Waals surface area contributed by atoms with Crippen molar-refractivity contribution in [2.45, 2.75) is 50.0 Å². The maximum absolute atomic E-state index is 12.9. The van der Waals surface area contributed by atoms with Crippen LogP contribution in [0.15, 0.2) is 18.2 Å². The molecule has 1 aromatic carbocycles. The fraction of sp³-hybridized carbons (Fsp3) is 0.609. The molecular weight excluding hydrogens is 366 g/mol. The Kier molecular flexibility index (Phi) is 4.79. The highest BCUT2D eigenvalue weighted by Gasteiger charge is 2.45. The fourth-order valence-corrected chi connectivity index (χ4v) is 5.83. The number of carbonyl (C=O) groups is 1. The first-order valence-electron chi connectivity index (χ1n) is 11.0. The van der Waals surface area contributed by atoms with Gasteiger partial charge in [-0.3, -0.25) is 4.79 Å². The fourth-order valence-electron chi connectivity index (χ4n) is 5.83. The summed E-state index contributed by atoms with van der Waals surface area (Å²) in [5, 5.41) is 14.7. The highest BCUT2D eigenvalue weighted by Crippen LogP contribution is 2.46. The van der Waals surface area contributed by atoms with Crippen LogP contribution in [-0.4, -0.2) is 54.2 Å². The van der Waals surface area contributed by atoms with Crippen molar-refractivity contribution < 1.29 is 14.6 Å². The quantitative estimate of drug-likeness (QED) is 0.744. The van der Waals surface area contributed by atoms with E-state index in [4.69, 9.17) is 4.74 Å². The smallest absolute Gasteiger partial charge is 0.225 e. The average Bonchev–Trinajstić information content (AvgIpc) is 3.42. The zero-order valence-electron chi connectivity index (χ0n) is 17.2. The van der Waals surface area contributed by atoms with Gasteiger partial charge in [-0.05, 0) is 43.4 Å². The Morgan fingerprint density at radius 2 is 2.03 bits per heavy atom. The molecule has 1 aliphatic carbocycles. The molecular formula is C23H31N3O3. The Balaban J connectivity index is 1.47. The van der Waals surface area contributed by atoms with Crippen molar-refractivity contribution in [3.63, 3.8) is 0 Å². The molecule has 6 heteroatoms. The van der Waals surface area contributed by atoms with Gasteiger partial charge in [-0.2, -0.15) is 0 Å². The largest absolute Gasteiger partial charge is 0.497 e. The number of aromatic amines is 1. The Morgan fingerprint density at radius 1 is 1.28 bits per heavy atom. The lowest BCUT2D eigenvalue weighted by Gasteiger charge is -2.46. The number of aromatic nitrogens is 1. The number of aliphatic hydroxyl groups is 1. The maximum atomic E-state index is 12.9. The third-order valence-corrected chi connectivity index (χ3v) is 7.52. The van der Waals surface area contributed by atoms with Crippen molar-refractivity contribution in [1.82, 2.24) is 15.2 Å². The number of aliphatic hydroxyl groups excluding tert-OH is 1. The normalized spacial score (nSPS) is 24.2.